The van der Waals surface area contributed by atoms with Gasteiger partial charge in [-0.3, -0.25) is 14.5 Å². The monoisotopic (exact) mass is 286 g/mol. The number of halogens is 2. The van der Waals surface area contributed by atoms with Crippen molar-refractivity contribution in [1.82, 2.24) is 10.2 Å². The average Bonchev–Trinajstić information content (AvgIpc) is 2.33. The minimum Gasteiger partial charge on any atom is -0.480 e. The molecule has 1 heterocycles. The van der Waals surface area contributed by atoms with E-state index in [1.54, 1.807) is 6.07 Å². The van der Waals surface area contributed by atoms with Crippen molar-refractivity contribution in [2.75, 3.05) is 13.1 Å². The maximum Gasteiger partial charge on any atom is 0.322 e. The third-order valence-corrected chi connectivity index (χ3v) is 3.24. The maximum atomic E-state index is 13.3. The van der Waals surface area contributed by atoms with Gasteiger partial charge in [0.15, 0.2) is 0 Å². The molecular formula is C12H12ClFN2O3. The van der Waals surface area contributed by atoms with Gasteiger partial charge < -0.3 is 10.4 Å². The van der Waals surface area contributed by atoms with Gasteiger partial charge in [0.25, 0.3) is 0 Å². The van der Waals surface area contributed by atoms with Crippen molar-refractivity contribution >= 4 is 23.5 Å². The maximum absolute atomic E-state index is 13.3. The first-order valence-electron chi connectivity index (χ1n) is 5.65. The van der Waals surface area contributed by atoms with E-state index in [0.717, 1.165) is 0 Å². The highest BCUT2D eigenvalue weighted by molar-refractivity contribution is 6.30. The van der Waals surface area contributed by atoms with Crippen LogP contribution in [0.4, 0.5) is 4.39 Å². The van der Waals surface area contributed by atoms with Gasteiger partial charge in [-0.2, -0.15) is 0 Å². The van der Waals surface area contributed by atoms with E-state index in [0.29, 0.717) is 5.56 Å². The van der Waals surface area contributed by atoms with Gasteiger partial charge in [0.1, 0.15) is 11.9 Å². The second-order valence-corrected chi connectivity index (χ2v) is 4.72. The minimum atomic E-state index is -1.02. The lowest BCUT2D eigenvalue weighted by atomic mass is 10.1. The van der Waals surface area contributed by atoms with Crippen LogP contribution in [0.3, 0.4) is 0 Å². The van der Waals surface area contributed by atoms with E-state index in [2.05, 4.69) is 5.32 Å². The predicted octanol–water partition coefficient (Wildman–Crippen LogP) is 0.864. The molecule has 0 aliphatic carbocycles. The standard InChI is InChI=1S/C12H12ClFN2O3/c13-8-2-1-7(3-9(8)14)5-16-6-11(17)15-4-10(16)12(18)19/h1-3,10H,4-6H2,(H,15,17)(H,18,19). The summed E-state index contributed by atoms with van der Waals surface area (Å²) in [5.41, 5.74) is 0.572. The number of carboxylic acid groups (broad SMARTS) is 1. The summed E-state index contributed by atoms with van der Waals surface area (Å²) in [4.78, 5) is 23.9. The van der Waals surface area contributed by atoms with Gasteiger partial charge in [-0.25, -0.2) is 4.39 Å². The number of carbonyl (C=O) groups is 2. The summed E-state index contributed by atoms with van der Waals surface area (Å²) in [6, 6.07) is 3.45. The Morgan fingerprint density at radius 1 is 1.58 bits per heavy atom. The lowest BCUT2D eigenvalue weighted by Gasteiger charge is -2.32. The van der Waals surface area contributed by atoms with Gasteiger partial charge in [-0.15, -0.1) is 0 Å². The Kier molecular flexibility index (Phi) is 4.01. The average molecular weight is 287 g/mol. The lowest BCUT2D eigenvalue weighted by Crippen LogP contribution is -2.56. The number of piperazine rings is 1. The topological polar surface area (TPSA) is 69.6 Å². The summed E-state index contributed by atoms with van der Waals surface area (Å²) in [6.45, 7) is 0.198. The molecule has 2 rings (SSSR count). The van der Waals surface area contributed by atoms with Crippen LogP contribution < -0.4 is 5.32 Å². The van der Waals surface area contributed by atoms with Crippen LogP contribution in [-0.4, -0.2) is 41.0 Å². The molecule has 102 valence electrons. The molecular weight excluding hydrogens is 275 g/mol. The van der Waals surface area contributed by atoms with Gasteiger partial charge in [0.05, 0.1) is 11.6 Å². The van der Waals surface area contributed by atoms with Crippen molar-refractivity contribution in [3.63, 3.8) is 0 Å². The first kappa shape index (κ1) is 13.8. The van der Waals surface area contributed by atoms with E-state index in [-0.39, 0.29) is 30.6 Å². The molecule has 1 atom stereocenters. The van der Waals surface area contributed by atoms with Crippen molar-refractivity contribution in [3.05, 3.63) is 34.6 Å². The highest BCUT2D eigenvalue weighted by atomic mass is 35.5. The minimum absolute atomic E-state index is 0.00919. The zero-order chi connectivity index (χ0) is 14.0. The van der Waals surface area contributed by atoms with E-state index < -0.39 is 17.8 Å². The number of aliphatic carboxylic acids is 1. The second kappa shape index (κ2) is 5.54. The fraction of sp³-hybridized carbons (Fsp3) is 0.333. The molecule has 7 heteroatoms. The molecule has 1 aromatic carbocycles. The smallest absolute Gasteiger partial charge is 0.322 e. The van der Waals surface area contributed by atoms with Crippen LogP contribution in [0, 0.1) is 5.82 Å². The molecule has 1 unspecified atom stereocenters. The van der Waals surface area contributed by atoms with Crippen LogP contribution >= 0.6 is 11.6 Å². The molecule has 0 spiro atoms. The molecule has 0 aromatic heterocycles. The molecule has 2 N–H and O–H groups in total. The van der Waals surface area contributed by atoms with Crippen LogP contribution in [-0.2, 0) is 16.1 Å². The van der Waals surface area contributed by atoms with E-state index in [1.807, 2.05) is 0 Å². The summed E-state index contributed by atoms with van der Waals surface area (Å²) in [7, 11) is 0. The van der Waals surface area contributed by atoms with Crippen LogP contribution in [0.15, 0.2) is 18.2 Å². The molecule has 1 fully saturated rings. The van der Waals surface area contributed by atoms with E-state index in [1.165, 1.54) is 17.0 Å². The lowest BCUT2D eigenvalue weighted by molar-refractivity contribution is -0.146. The third kappa shape index (κ3) is 3.21. The van der Waals surface area contributed by atoms with Crippen molar-refractivity contribution in [3.8, 4) is 0 Å². The molecule has 1 aromatic rings. The Morgan fingerprint density at radius 3 is 2.95 bits per heavy atom. The number of hydrogen-bond donors (Lipinski definition) is 2. The Morgan fingerprint density at radius 2 is 2.32 bits per heavy atom. The Balaban J connectivity index is 2.16. The number of amides is 1. The normalized spacial score (nSPS) is 20.1. The highest BCUT2D eigenvalue weighted by Crippen LogP contribution is 2.18. The number of nitrogens with zero attached hydrogens (tertiary/aromatic N) is 1. The van der Waals surface area contributed by atoms with E-state index >= 15 is 0 Å². The number of nitrogens with one attached hydrogen (secondary N) is 1. The van der Waals surface area contributed by atoms with Gasteiger partial charge in [0.2, 0.25) is 5.91 Å². The number of hydrogen-bond acceptors (Lipinski definition) is 3. The summed E-state index contributed by atoms with van der Waals surface area (Å²) >= 11 is 5.58. The summed E-state index contributed by atoms with van der Waals surface area (Å²) < 4.78 is 13.3. The summed E-state index contributed by atoms with van der Waals surface area (Å²) in [5, 5.41) is 11.6. The second-order valence-electron chi connectivity index (χ2n) is 4.31. The van der Waals surface area contributed by atoms with Crippen LogP contribution in [0.5, 0.6) is 0 Å². The number of benzene rings is 1. The molecule has 1 saturated heterocycles. The molecule has 5 nitrogen and oxygen atoms in total. The molecule has 0 saturated carbocycles. The van der Waals surface area contributed by atoms with Crippen molar-refractivity contribution < 1.29 is 19.1 Å². The quantitative estimate of drug-likeness (QED) is 0.865. The van der Waals surface area contributed by atoms with Crippen molar-refractivity contribution in [1.29, 1.82) is 0 Å². The zero-order valence-corrected chi connectivity index (χ0v) is 10.7. The molecule has 19 heavy (non-hydrogen) atoms. The third-order valence-electron chi connectivity index (χ3n) is 2.93. The van der Waals surface area contributed by atoms with Crippen LogP contribution in [0.1, 0.15) is 5.56 Å². The van der Waals surface area contributed by atoms with Gasteiger partial charge >= 0.3 is 5.97 Å². The summed E-state index contributed by atoms with van der Waals surface area (Å²) in [5.74, 6) is -1.83. The largest absolute Gasteiger partial charge is 0.480 e. The van der Waals surface area contributed by atoms with Gasteiger partial charge in [0, 0.05) is 13.1 Å². The zero-order valence-electron chi connectivity index (χ0n) is 9.90. The fourth-order valence-corrected chi connectivity index (χ4v) is 2.09. The number of carboxylic acids is 1. The van der Waals surface area contributed by atoms with E-state index in [9.17, 15) is 14.0 Å². The predicted molar refractivity (Wildman–Crippen MR) is 66.3 cm³/mol. The van der Waals surface area contributed by atoms with Crippen molar-refractivity contribution in [2.45, 2.75) is 12.6 Å². The fourth-order valence-electron chi connectivity index (χ4n) is 1.97. The number of rotatable bonds is 3. The number of carbonyl (C=O) groups excluding carboxylic acids is 1. The SMILES string of the molecule is O=C1CN(Cc2ccc(Cl)c(F)c2)C(C(=O)O)CN1. The first-order chi connectivity index (χ1) is 8.97. The van der Waals surface area contributed by atoms with E-state index in [4.69, 9.17) is 16.7 Å². The molecule has 1 aliphatic rings. The Labute approximate surface area is 114 Å². The van der Waals surface area contributed by atoms with Gasteiger partial charge in [-0.05, 0) is 17.7 Å². The molecule has 0 bridgehead atoms. The molecule has 1 aliphatic heterocycles. The Hall–Kier alpha value is -1.66. The van der Waals surface area contributed by atoms with Crippen LogP contribution in [0.2, 0.25) is 5.02 Å². The van der Waals surface area contributed by atoms with Crippen LogP contribution in [0.25, 0.3) is 0 Å². The van der Waals surface area contributed by atoms with Crippen molar-refractivity contribution in [2.24, 2.45) is 0 Å². The highest BCUT2D eigenvalue weighted by Gasteiger charge is 2.31. The summed E-state index contributed by atoms with van der Waals surface area (Å²) in [6.07, 6.45) is 0. The Bertz CT molecular complexity index is 524. The molecule has 1 amide bonds. The van der Waals surface area contributed by atoms with Gasteiger partial charge in [-0.1, -0.05) is 17.7 Å². The molecule has 0 radical (unpaired) electrons. The first-order valence-corrected chi connectivity index (χ1v) is 6.02.